The van der Waals surface area contributed by atoms with Gasteiger partial charge in [0.15, 0.2) is 0 Å². The van der Waals surface area contributed by atoms with Crippen LogP contribution in [0.25, 0.3) is 16.6 Å². The fourth-order valence-corrected chi connectivity index (χ4v) is 4.91. The molecule has 4 aromatic rings. The molecule has 1 unspecified atom stereocenters. The van der Waals surface area contributed by atoms with Crippen LogP contribution < -0.4 is 5.56 Å². The zero-order valence-electron chi connectivity index (χ0n) is 21.1. The van der Waals surface area contributed by atoms with Crippen molar-refractivity contribution in [3.05, 3.63) is 109 Å². The molecule has 0 aliphatic carbocycles. The van der Waals surface area contributed by atoms with Crippen LogP contribution in [0.3, 0.4) is 0 Å². The number of benzene rings is 3. The van der Waals surface area contributed by atoms with E-state index in [1.807, 2.05) is 52.0 Å². The van der Waals surface area contributed by atoms with Gasteiger partial charge in [0.1, 0.15) is 5.82 Å². The first kappa shape index (κ1) is 26.0. The molecule has 0 radical (unpaired) electrons. The molecule has 0 spiro atoms. The van der Waals surface area contributed by atoms with Gasteiger partial charge in [-0.15, -0.1) is 0 Å². The van der Waals surface area contributed by atoms with Crippen molar-refractivity contribution in [2.75, 3.05) is 6.54 Å². The number of aromatic nitrogens is 2. The van der Waals surface area contributed by atoms with Crippen molar-refractivity contribution in [1.29, 1.82) is 0 Å². The van der Waals surface area contributed by atoms with E-state index in [-0.39, 0.29) is 21.8 Å². The van der Waals surface area contributed by atoms with Gasteiger partial charge in [-0.25, -0.2) is 4.98 Å². The quantitative estimate of drug-likeness (QED) is 0.215. The highest BCUT2D eigenvalue weighted by molar-refractivity contribution is 6.34. The van der Waals surface area contributed by atoms with Crippen LogP contribution in [-0.4, -0.2) is 31.8 Å². The van der Waals surface area contributed by atoms with E-state index in [0.717, 1.165) is 11.1 Å². The third-order valence-electron chi connectivity index (χ3n) is 6.45. The number of aryl methyl sites for hydroxylation is 2. The second-order valence-electron chi connectivity index (χ2n) is 8.85. The number of halogens is 1. The van der Waals surface area contributed by atoms with Gasteiger partial charge in [-0.1, -0.05) is 48.4 Å². The van der Waals surface area contributed by atoms with Gasteiger partial charge < -0.3 is 4.90 Å². The van der Waals surface area contributed by atoms with Crippen LogP contribution in [0.1, 0.15) is 53.6 Å². The lowest BCUT2D eigenvalue weighted by Crippen LogP contribution is -2.38. The molecule has 0 aliphatic rings. The van der Waals surface area contributed by atoms with Crippen LogP contribution in [0.15, 0.2) is 65.5 Å². The van der Waals surface area contributed by atoms with Gasteiger partial charge in [-0.05, 0) is 57.0 Å². The minimum absolute atomic E-state index is 0.00857. The number of hydrogen-bond donors (Lipinski definition) is 0. The highest BCUT2D eigenvalue weighted by Crippen LogP contribution is 2.31. The van der Waals surface area contributed by atoms with Crippen molar-refractivity contribution in [2.45, 2.75) is 40.2 Å². The summed E-state index contributed by atoms with van der Waals surface area (Å²) in [4.78, 5) is 44.6. The third-order valence-corrected chi connectivity index (χ3v) is 6.76. The summed E-state index contributed by atoms with van der Waals surface area (Å²) in [5.41, 5.74) is 2.93. The van der Waals surface area contributed by atoms with Crippen LogP contribution in [-0.2, 0) is 0 Å². The molecule has 8 nitrogen and oxygen atoms in total. The summed E-state index contributed by atoms with van der Waals surface area (Å²) in [5.74, 6) is 0.0372. The molecule has 37 heavy (non-hydrogen) atoms. The highest BCUT2D eigenvalue weighted by atomic mass is 35.5. The van der Waals surface area contributed by atoms with Crippen LogP contribution >= 0.6 is 11.6 Å². The maximum atomic E-state index is 13.8. The number of fused-ring (bicyclic) bond motifs is 1. The maximum Gasteiger partial charge on any atom is 0.270 e. The predicted octanol–water partition coefficient (Wildman–Crippen LogP) is 6.18. The molecule has 0 aliphatic heterocycles. The molecule has 0 N–H and O–H groups in total. The lowest BCUT2D eigenvalue weighted by atomic mass is 10.1. The Kier molecular flexibility index (Phi) is 7.40. The van der Waals surface area contributed by atoms with Crippen molar-refractivity contribution < 1.29 is 9.72 Å². The lowest BCUT2D eigenvalue weighted by molar-refractivity contribution is -0.384. The number of nitro benzene ring substituents is 1. The van der Waals surface area contributed by atoms with Crippen molar-refractivity contribution in [3.8, 4) is 5.69 Å². The second kappa shape index (κ2) is 10.5. The molecule has 190 valence electrons. The molecular formula is C28H27ClN4O4. The second-order valence-corrected chi connectivity index (χ2v) is 9.26. The van der Waals surface area contributed by atoms with Crippen molar-refractivity contribution >= 4 is 34.1 Å². The molecule has 0 saturated carbocycles. The van der Waals surface area contributed by atoms with E-state index in [4.69, 9.17) is 16.6 Å². The first-order valence-corrected chi connectivity index (χ1v) is 12.4. The zero-order chi connectivity index (χ0) is 26.9. The fourth-order valence-electron chi connectivity index (χ4n) is 4.66. The van der Waals surface area contributed by atoms with Gasteiger partial charge in [-0.2, -0.15) is 0 Å². The predicted molar refractivity (Wildman–Crippen MR) is 145 cm³/mol. The first-order valence-electron chi connectivity index (χ1n) is 12.0. The van der Waals surface area contributed by atoms with E-state index >= 15 is 0 Å². The summed E-state index contributed by atoms with van der Waals surface area (Å²) in [6, 6.07) is 16.2. The molecule has 0 saturated heterocycles. The third kappa shape index (κ3) is 4.84. The monoisotopic (exact) mass is 518 g/mol. The minimum Gasteiger partial charge on any atom is -0.329 e. The average molecular weight is 519 g/mol. The Hall–Kier alpha value is -4.04. The number of nitrogens with zero attached hydrogens (tertiary/aromatic N) is 4. The minimum atomic E-state index is -0.568. The Balaban J connectivity index is 1.93. The van der Waals surface area contributed by atoms with E-state index in [2.05, 4.69) is 0 Å². The van der Waals surface area contributed by atoms with Gasteiger partial charge in [0.25, 0.3) is 17.2 Å². The summed E-state index contributed by atoms with van der Waals surface area (Å²) in [6.45, 7) is 7.99. The molecule has 9 heteroatoms. The number of nitro groups is 1. The number of para-hydroxylation sites is 1. The highest BCUT2D eigenvalue weighted by Gasteiger charge is 2.30. The SMILES string of the molecule is CCC(c1nc2ccccc2c(=O)n1-c1ccc(C)cc1C)N(CC)C(=O)c1ccc([N+](=O)[O-])cc1Cl. The Morgan fingerprint density at radius 1 is 1.11 bits per heavy atom. The molecule has 1 atom stereocenters. The topological polar surface area (TPSA) is 98.3 Å². The standard InChI is InChI=1S/C28H27ClN4O4/c1-5-24(31(6-2)27(34)20-13-12-19(33(36)37)16-22(20)29)26-30-23-10-8-7-9-21(23)28(35)32(26)25-14-11-17(3)15-18(25)4/h7-16,24H,5-6H2,1-4H3. The van der Waals surface area contributed by atoms with E-state index in [1.165, 1.54) is 18.2 Å². The summed E-state index contributed by atoms with van der Waals surface area (Å²) < 4.78 is 1.60. The molecule has 4 rings (SSSR count). The smallest absolute Gasteiger partial charge is 0.270 e. The number of carbonyl (C=O) groups is 1. The average Bonchev–Trinajstić information content (AvgIpc) is 2.87. The summed E-state index contributed by atoms with van der Waals surface area (Å²) in [7, 11) is 0. The Bertz CT molecular complexity index is 1580. The molecule has 0 fully saturated rings. The molecular weight excluding hydrogens is 492 g/mol. The summed E-state index contributed by atoms with van der Waals surface area (Å²) in [6.07, 6.45) is 0.472. The molecule has 1 amide bonds. The number of amides is 1. The Morgan fingerprint density at radius 3 is 2.46 bits per heavy atom. The van der Waals surface area contributed by atoms with Gasteiger partial charge in [-0.3, -0.25) is 24.3 Å². The molecule has 1 aromatic heterocycles. The number of non-ortho nitro benzene ring substituents is 1. The van der Waals surface area contributed by atoms with Crippen molar-refractivity contribution in [3.63, 3.8) is 0 Å². The largest absolute Gasteiger partial charge is 0.329 e. The van der Waals surface area contributed by atoms with E-state index in [9.17, 15) is 19.7 Å². The summed E-state index contributed by atoms with van der Waals surface area (Å²) >= 11 is 6.31. The molecule has 1 heterocycles. The summed E-state index contributed by atoms with van der Waals surface area (Å²) in [5, 5.41) is 11.6. The Morgan fingerprint density at radius 2 is 1.84 bits per heavy atom. The normalized spacial score (nSPS) is 11.9. The van der Waals surface area contributed by atoms with E-state index in [0.29, 0.717) is 35.4 Å². The molecule has 0 bridgehead atoms. The maximum absolute atomic E-state index is 13.8. The number of hydrogen-bond acceptors (Lipinski definition) is 5. The van der Waals surface area contributed by atoms with E-state index < -0.39 is 16.9 Å². The van der Waals surface area contributed by atoms with Gasteiger partial charge >= 0.3 is 0 Å². The molecule has 3 aromatic carbocycles. The van der Waals surface area contributed by atoms with Crippen LogP contribution in [0, 0.1) is 24.0 Å². The van der Waals surface area contributed by atoms with Crippen molar-refractivity contribution in [2.24, 2.45) is 0 Å². The first-order chi connectivity index (χ1) is 17.7. The van der Waals surface area contributed by atoms with Crippen LogP contribution in [0.2, 0.25) is 5.02 Å². The fraction of sp³-hybridized carbons (Fsp3) is 0.250. The van der Waals surface area contributed by atoms with Gasteiger partial charge in [0.05, 0.1) is 38.1 Å². The van der Waals surface area contributed by atoms with Crippen LogP contribution in [0.4, 0.5) is 5.69 Å². The lowest BCUT2D eigenvalue weighted by Gasteiger charge is -2.32. The van der Waals surface area contributed by atoms with Crippen LogP contribution in [0.5, 0.6) is 0 Å². The number of carbonyl (C=O) groups excluding carboxylic acids is 1. The zero-order valence-corrected chi connectivity index (χ0v) is 21.8. The van der Waals surface area contributed by atoms with Gasteiger partial charge in [0.2, 0.25) is 0 Å². The van der Waals surface area contributed by atoms with Crippen molar-refractivity contribution in [1.82, 2.24) is 14.5 Å². The number of rotatable bonds is 7. The van der Waals surface area contributed by atoms with Gasteiger partial charge in [0, 0.05) is 18.7 Å². The van der Waals surface area contributed by atoms with E-state index in [1.54, 1.807) is 27.7 Å². The Labute approximate surface area is 219 Å².